The molecule has 1 aliphatic heterocycles. The van der Waals surface area contributed by atoms with Crippen LogP contribution in [0.3, 0.4) is 0 Å². The van der Waals surface area contributed by atoms with Crippen LogP contribution in [-0.4, -0.2) is 87.9 Å². The zero-order chi connectivity index (χ0) is 33.1. The number of benzene rings is 1. The molecule has 0 bridgehead atoms. The van der Waals surface area contributed by atoms with Crippen molar-refractivity contribution in [3.8, 4) is 10.4 Å². The Morgan fingerprint density at radius 3 is 2.39 bits per heavy atom. The molecule has 11 heteroatoms. The third-order valence-electron chi connectivity index (χ3n) is 9.86. The quantitative estimate of drug-likeness (QED) is 0.288. The highest BCUT2D eigenvalue weighted by Crippen LogP contribution is 2.42. The summed E-state index contributed by atoms with van der Waals surface area (Å²) in [6, 6.07) is 6.51. The maximum Gasteiger partial charge on any atom is 0.258 e. The summed E-state index contributed by atoms with van der Waals surface area (Å²) in [5, 5.41) is 5.85. The van der Waals surface area contributed by atoms with E-state index in [-0.39, 0.29) is 24.7 Å². The van der Waals surface area contributed by atoms with Crippen LogP contribution in [0.25, 0.3) is 10.4 Å². The van der Waals surface area contributed by atoms with E-state index in [1.54, 1.807) is 28.0 Å². The van der Waals surface area contributed by atoms with E-state index in [4.69, 9.17) is 0 Å². The number of carbonyl (C=O) groups is 3. The summed E-state index contributed by atoms with van der Waals surface area (Å²) in [5.74, 6) is 0.946. The molecule has 3 aliphatic rings. The average Bonchev–Trinajstić information content (AvgIpc) is 3.38. The number of aryl methyl sites for hydroxylation is 1. The van der Waals surface area contributed by atoms with Gasteiger partial charge in [-0.3, -0.25) is 14.4 Å². The molecule has 2 atom stereocenters. The SMILES string of the molecule is Cc1ncsc1-c1ccc(CNC(=O)[C@@H]2CCCN2C(=O)C(NC(=O)C2(F)CC2)C(C)(C)SCC2CCC(CN(C)C)CC2)cc1. The van der Waals surface area contributed by atoms with Crippen LogP contribution in [0, 0.1) is 18.8 Å². The Morgan fingerprint density at radius 2 is 1.78 bits per heavy atom. The summed E-state index contributed by atoms with van der Waals surface area (Å²) in [6.07, 6.45) is 6.33. The number of thioether (sulfide) groups is 1. The monoisotopic (exact) mass is 671 g/mol. The van der Waals surface area contributed by atoms with E-state index in [0.29, 0.717) is 31.8 Å². The number of rotatable bonds is 13. The first-order valence-electron chi connectivity index (χ1n) is 16.7. The molecule has 1 saturated heterocycles. The second-order valence-corrected chi connectivity index (χ2v) is 16.8. The van der Waals surface area contributed by atoms with Crippen molar-refractivity contribution in [1.82, 2.24) is 25.4 Å². The first-order valence-corrected chi connectivity index (χ1v) is 18.6. The molecule has 2 heterocycles. The van der Waals surface area contributed by atoms with Crippen LogP contribution in [-0.2, 0) is 20.9 Å². The van der Waals surface area contributed by atoms with Crippen molar-refractivity contribution in [2.24, 2.45) is 11.8 Å². The normalized spacial score (nSPS) is 23.3. The smallest absolute Gasteiger partial charge is 0.258 e. The lowest BCUT2D eigenvalue weighted by atomic mass is 9.83. The Labute approximate surface area is 281 Å². The number of likely N-dealkylation sites (tertiary alicyclic amines) is 1. The maximum absolute atomic E-state index is 14.9. The van der Waals surface area contributed by atoms with Gasteiger partial charge in [0.15, 0.2) is 5.67 Å². The van der Waals surface area contributed by atoms with Gasteiger partial charge < -0.3 is 20.4 Å². The van der Waals surface area contributed by atoms with Crippen LogP contribution in [0.2, 0.25) is 0 Å². The Bertz CT molecular complexity index is 1370. The lowest BCUT2D eigenvalue weighted by molar-refractivity contribution is -0.143. The number of nitrogens with one attached hydrogen (secondary N) is 2. The van der Waals surface area contributed by atoms with Crippen LogP contribution in [0.4, 0.5) is 4.39 Å². The lowest BCUT2D eigenvalue weighted by Gasteiger charge is -2.39. The number of thiazole rings is 1. The molecule has 252 valence electrons. The number of halogens is 1. The fourth-order valence-electron chi connectivity index (χ4n) is 6.77. The molecule has 1 unspecified atom stereocenters. The fraction of sp³-hybridized carbons (Fsp3) is 0.657. The van der Waals surface area contributed by atoms with Gasteiger partial charge in [0, 0.05) is 24.4 Å². The second kappa shape index (κ2) is 14.7. The van der Waals surface area contributed by atoms with Crippen LogP contribution < -0.4 is 10.6 Å². The molecule has 2 aromatic rings. The van der Waals surface area contributed by atoms with E-state index in [9.17, 15) is 18.8 Å². The molecule has 46 heavy (non-hydrogen) atoms. The van der Waals surface area contributed by atoms with E-state index in [0.717, 1.165) is 52.8 Å². The Kier molecular flexibility index (Phi) is 11.1. The molecule has 5 rings (SSSR count). The number of hydrogen-bond donors (Lipinski definition) is 2. The van der Waals surface area contributed by atoms with Gasteiger partial charge in [-0.05, 0) is 115 Å². The number of carbonyl (C=O) groups excluding carboxylic acids is 3. The van der Waals surface area contributed by atoms with E-state index < -0.39 is 28.4 Å². The molecule has 3 amide bonds. The minimum atomic E-state index is -1.89. The zero-order valence-electron chi connectivity index (χ0n) is 27.9. The summed E-state index contributed by atoms with van der Waals surface area (Å²) in [6.45, 7) is 7.83. The number of hydrogen-bond acceptors (Lipinski definition) is 7. The van der Waals surface area contributed by atoms with Crippen LogP contribution in [0.15, 0.2) is 29.8 Å². The molecular weight excluding hydrogens is 622 g/mol. The molecule has 8 nitrogen and oxygen atoms in total. The van der Waals surface area contributed by atoms with Crippen molar-refractivity contribution in [3.05, 3.63) is 41.0 Å². The van der Waals surface area contributed by atoms with Crippen LogP contribution in [0.1, 0.15) is 76.5 Å². The molecule has 1 aromatic heterocycles. The van der Waals surface area contributed by atoms with E-state index in [1.165, 1.54) is 12.8 Å². The Morgan fingerprint density at radius 1 is 1.11 bits per heavy atom. The van der Waals surface area contributed by atoms with Gasteiger partial charge in [0.05, 0.1) is 16.1 Å². The predicted octanol–water partition coefficient (Wildman–Crippen LogP) is 5.59. The maximum atomic E-state index is 14.9. The molecule has 0 spiro atoms. The Balaban J connectivity index is 1.21. The third kappa shape index (κ3) is 8.50. The molecule has 1 aromatic carbocycles. The van der Waals surface area contributed by atoms with Gasteiger partial charge >= 0.3 is 0 Å². The van der Waals surface area contributed by atoms with Gasteiger partial charge in [0.1, 0.15) is 12.1 Å². The van der Waals surface area contributed by atoms with Gasteiger partial charge in [0.2, 0.25) is 11.8 Å². The summed E-state index contributed by atoms with van der Waals surface area (Å²) in [4.78, 5) is 50.0. The first kappa shape index (κ1) is 34.8. The highest BCUT2D eigenvalue weighted by molar-refractivity contribution is 8.00. The lowest BCUT2D eigenvalue weighted by Crippen LogP contribution is -2.61. The summed E-state index contributed by atoms with van der Waals surface area (Å²) in [5.41, 5.74) is 3.00. The van der Waals surface area contributed by atoms with Gasteiger partial charge in [-0.15, -0.1) is 11.3 Å². The van der Waals surface area contributed by atoms with Crippen molar-refractivity contribution in [2.75, 3.05) is 32.9 Å². The van der Waals surface area contributed by atoms with Crippen molar-refractivity contribution in [3.63, 3.8) is 0 Å². The molecule has 2 saturated carbocycles. The fourth-order valence-corrected chi connectivity index (χ4v) is 8.91. The standard InChI is InChI=1S/C35H50FN5O3S2/c1-23-29(45-22-38-23)27-14-12-24(13-15-27)19-37-31(42)28-7-6-18-41(28)32(43)30(39-33(44)35(36)16-17-35)34(2,3)46-21-26-10-8-25(9-11-26)20-40(4)5/h12-15,22,25-26,28,30H,6-11,16-21H2,1-5H3,(H,37,42)(H,39,44)/t25?,26?,28-,30?/m0/s1. The molecule has 2 N–H and O–H groups in total. The predicted molar refractivity (Wildman–Crippen MR) is 184 cm³/mol. The van der Waals surface area contributed by atoms with Crippen molar-refractivity contribution in [1.29, 1.82) is 0 Å². The molecule has 0 radical (unpaired) electrons. The summed E-state index contributed by atoms with van der Waals surface area (Å²) >= 11 is 3.29. The number of aromatic nitrogens is 1. The summed E-state index contributed by atoms with van der Waals surface area (Å²) < 4.78 is 14.2. The molecular formula is C35H50FN5O3S2. The average molecular weight is 672 g/mol. The van der Waals surface area contributed by atoms with Gasteiger partial charge in [-0.25, -0.2) is 9.37 Å². The van der Waals surface area contributed by atoms with Crippen molar-refractivity contribution < 1.29 is 18.8 Å². The van der Waals surface area contributed by atoms with Gasteiger partial charge in [-0.1, -0.05) is 24.3 Å². The minimum Gasteiger partial charge on any atom is -0.350 e. The number of amides is 3. The van der Waals surface area contributed by atoms with Crippen LogP contribution >= 0.6 is 23.1 Å². The Hall–Kier alpha value is -2.50. The first-order chi connectivity index (χ1) is 21.9. The number of alkyl halides is 1. The van der Waals surface area contributed by atoms with E-state index >= 15 is 0 Å². The van der Waals surface area contributed by atoms with Crippen molar-refractivity contribution in [2.45, 2.75) is 101 Å². The van der Waals surface area contributed by atoms with Gasteiger partial charge in [-0.2, -0.15) is 11.8 Å². The number of nitrogens with zero attached hydrogens (tertiary/aromatic N) is 3. The minimum absolute atomic E-state index is 0.184. The largest absolute Gasteiger partial charge is 0.350 e. The van der Waals surface area contributed by atoms with Crippen molar-refractivity contribution >= 4 is 40.8 Å². The van der Waals surface area contributed by atoms with E-state index in [1.807, 2.05) is 50.5 Å². The highest BCUT2D eigenvalue weighted by Gasteiger charge is 2.53. The summed E-state index contributed by atoms with van der Waals surface area (Å²) in [7, 11) is 4.25. The third-order valence-corrected chi connectivity index (χ3v) is 12.5. The zero-order valence-corrected chi connectivity index (χ0v) is 29.6. The van der Waals surface area contributed by atoms with Gasteiger partial charge in [0.25, 0.3) is 5.91 Å². The second-order valence-electron chi connectivity index (χ2n) is 14.3. The topological polar surface area (TPSA) is 94.6 Å². The molecule has 2 aliphatic carbocycles. The molecule has 3 fully saturated rings. The highest BCUT2D eigenvalue weighted by atomic mass is 32.2. The van der Waals surface area contributed by atoms with E-state index in [2.05, 4.69) is 34.6 Å². The van der Waals surface area contributed by atoms with Crippen LogP contribution in [0.5, 0.6) is 0 Å².